The molecule has 1 N–H and O–H groups in total. The molecule has 1 aliphatic heterocycles. The van der Waals surface area contributed by atoms with Gasteiger partial charge in [-0.05, 0) is 54.7 Å². The van der Waals surface area contributed by atoms with E-state index < -0.39 is 18.5 Å². The van der Waals surface area contributed by atoms with Crippen LogP contribution >= 0.6 is 0 Å². The minimum absolute atomic E-state index is 0.129. The van der Waals surface area contributed by atoms with Gasteiger partial charge >= 0.3 is 5.97 Å². The Morgan fingerprint density at radius 3 is 2.20 bits per heavy atom. The van der Waals surface area contributed by atoms with Gasteiger partial charge in [-0.3, -0.25) is 19.3 Å². The number of hydrogen-bond acceptors (Lipinski definition) is 7. The molecule has 35 heavy (non-hydrogen) atoms. The molecule has 2 aromatic rings. The summed E-state index contributed by atoms with van der Waals surface area (Å²) in [5.41, 5.74) is 1.03. The highest BCUT2D eigenvalue weighted by Gasteiger charge is 2.59. The normalized spacial score (nSPS) is 23.9. The number of carbonyl (C=O) groups excluding carboxylic acids is 4. The lowest BCUT2D eigenvalue weighted by atomic mass is 9.85. The molecule has 3 aliphatic rings. The van der Waals surface area contributed by atoms with Crippen LogP contribution in [0.4, 0.5) is 11.4 Å². The average Bonchev–Trinajstić information content (AvgIpc) is 3.56. The molecule has 1 saturated carbocycles. The third-order valence-electron chi connectivity index (χ3n) is 6.85. The maximum Gasteiger partial charge on any atom is 0.338 e. The van der Waals surface area contributed by atoms with Crippen LogP contribution in [-0.4, -0.2) is 44.5 Å². The second kappa shape index (κ2) is 8.90. The Hall–Kier alpha value is -4.14. The van der Waals surface area contributed by atoms with E-state index in [0.717, 1.165) is 6.42 Å². The van der Waals surface area contributed by atoms with Crippen molar-refractivity contribution in [1.82, 2.24) is 0 Å². The number of anilines is 2. The van der Waals surface area contributed by atoms with Crippen molar-refractivity contribution in [2.24, 2.45) is 23.7 Å². The maximum absolute atomic E-state index is 12.9. The molecule has 5 rings (SSSR count). The summed E-state index contributed by atoms with van der Waals surface area (Å²) in [5, 5.41) is 2.62. The van der Waals surface area contributed by atoms with E-state index in [1.54, 1.807) is 30.3 Å². The largest absolute Gasteiger partial charge is 0.497 e. The van der Waals surface area contributed by atoms with Crippen LogP contribution in [-0.2, 0) is 19.1 Å². The second-order valence-corrected chi connectivity index (χ2v) is 8.75. The quantitative estimate of drug-likeness (QED) is 0.372. The van der Waals surface area contributed by atoms with Crippen molar-refractivity contribution >= 4 is 35.1 Å². The van der Waals surface area contributed by atoms with Gasteiger partial charge in [0.1, 0.15) is 11.5 Å². The smallest absolute Gasteiger partial charge is 0.338 e. The fourth-order valence-electron chi connectivity index (χ4n) is 5.21. The van der Waals surface area contributed by atoms with Gasteiger partial charge in [0.2, 0.25) is 11.8 Å². The fourth-order valence-corrected chi connectivity index (χ4v) is 5.21. The fraction of sp³-hybridized carbons (Fsp3) is 0.308. The third kappa shape index (κ3) is 3.92. The van der Waals surface area contributed by atoms with Crippen molar-refractivity contribution in [3.63, 3.8) is 0 Å². The Morgan fingerprint density at radius 1 is 0.943 bits per heavy atom. The number of hydrogen-bond donors (Lipinski definition) is 1. The molecule has 0 aromatic heterocycles. The summed E-state index contributed by atoms with van der Waals surface area (Å²) >= 11 is 0. The minimum Gasteiger partial charge on any atom is -0.497 e. The van der Waals surface area contributed by atoms with Gasteiger partial charge in [0, 0.05) is 6.07 Å². The Bertz CT molecular complexity index is 1210. The highest BCUT2D eigenvalue weighted by atomic mass is 16.5. The number of carbonyl (C=O) groups is 4. The van der Waals surface area contributed by atoms with Crippen molar-refractivity contribution in [2.45, 2.75) is 6.42 Å². The van der Waals surface area contributed by atoms with Crippen LogP contribution in [0.5, 0.6) is 11.5 Å². The number of imide groups is 1. The molecule has 180 valence electrons. The van der Waals surface area contributed by atoms with Crippen LogP contribution in [0.25, 0.3) is 0 Å². The first-order chi connectivity index (χ1) is 16.9. The van der Waals surface area contributed by atoms with Gasteiger partial charge < -0.3 is 19.5 Å². The Morgan fingerprint density at radius 2 is 1.60 bits per heavy atom. The van der Waals surface area contributed by atoms with E-state index in [1.807, 2.05) is 12.2 Å². The number of rotatable bonds is 7. The highest BCUT2D eigenvalue weighted by molar-refractivity contribution is 6.22. The van der Waals surface area contributed by atoms with Crippen molar-refractivity contribution in [1.29, 1.82) is 0 Å². The third-order valence-corrected chi connectivity index (χ3v) is 6.85. The van der Waals surface area contributed by atoms with Crippen molar-refractivity contribution in [3.05, 3.63) is 60.2 Å². The molecular formula is C26H24N2O7. The van der Waals surface area contributed by atoms with Gasteiger partial charge in [-0.25, -0.2) is 4.79 Å². The van der Waals surface area contributed by atoms with E-state index in [1.165, 1.54) is 31.3 Å². The number of nitrogens with one attached hydrogen (secondary N) is 1. The molecule has 3 amide bonds. The van der Waals surface area contributed by atoms with E-state index in [9.17, 15) is 19.2 Å². The molecule has 2 aliphatic carbocycles. The zero-order valence-electron chi connectivity index (χ0n) is 19.2. The Kier molecular flexibility index (Phi) is 5.76. The van der Waals surface area contributed by atoms with Gasteiger partial charge in [0.25, 0.3) is 5.91 Å². The van der Waals surface area contributed by atoms with Crippen molar-refractivity contribution in [2.75, 3.05) is 31.0 Å². The van der Waals surface area contributed by atoms with E-state index in [2.05, 4.69) is 5.32 Å². The summed E-state index contributed by atoms with van der Waals surface area (Å²) < 4.78 is 15.5. The number of benzene rings is 2. The molecule has 9 heteroatoms. The maximum atomic E-state index is 12.9. The van der Waals surface area contributed by atoms with Crippen LogP contribution in [0.15, 0.2) is 54.6 Å². The number of amides is 3. The topological polar surface area (TPSA) is 111 Å². The predicted molar refractivity (Wildman–Crippen MR) is 125 cm³/mol. The first-order valence-corrected chi connectivity index (χ1v) is 11.3. The number of fused-ring (bicyclic) bond motifs is 5. The molecule has 1 heterocycles. The number of esters is 1. The van der Waals surface area contributed by atoms with Gasteiger partial charge in [0.05, 0.1) is 43.0 Å². The lowest BCUT2D eigenvalue weighted by Gasteiger charge is -2.17. The van der Waals surface area contributed by atoms with E-state index in [4.69, 9.17) is 14.2 Å². The summed E-state index contributed by atoms with van der Waals surface area (Å²) in [5.74, 6) is -0.953. The first kappa shape index (κ1) is 22.6. The molecule has 1 saturated heterocycles. The number of nitrogens with zero attached hydrogens (tertiary/aromatic N) is 1. The lowest BCUT2D eigenvalue weighted by Crippen LogP contribution is -2.32. The summed E-state index contributed by atoms with van der Waals surface area (Å²) in [6, 6.07) is 10.9. The molecule has 2 aromatic carbocycles. The monoisotopic (exact) mass is 476 g/mol. The van der Waals surface area contributed by atoms with Crippen LogP contribution < -0.4 is 19.7 Å². The van der Waals surface area contributed by atoms with Gasteiger partial charge in [0.15, 0.2) is 6.61 Å². The van der Waals surface area contributed by atoms with Gasteiger partial charge in [-0.2, -0.15) is 0 Å². The average molecular weight is 476 g/mol. The summed E-state index contributed by atoms with van der Waals surface area (Å²) in [6.07, 6.45) is 4.95. The molecular weight excluding hydrogens is 452 g/mol. The van der Waals surface area contributed by atoms with Crippen LogP contribution in [0, 0.1) is 23.7 Å². The number of methoxy groups -OCH3 is 2. The van der Waals surface area contributed by atoms with Gasteiger partial charge in [-0.1, -0.05) is 12.2 Å². The molecule has 2 bridgehead atoms. The summed E-state index contributed by atoms with van der Waals surface area (Å²) in [7, 11) is 2.98. The van der Waals surface area contributed by atoms with E-state index >= 15 is 0 Å². The van der Waals surface area contributed by atoms with Crippen LogP contribution in [0.2, 0.25) is 0 Å². The summed E-state index contributed by atoms with van der Waals surface area (Å²) in [6.45, 7) is -0.502. The van der Waals surface area contributed by atoms with Crippen molar-refractivity contribution in [3.8, 4) is 11.5 Å². The van der Waals surface area contributed by atoms with Crippen LogP contribution in [0.1, 0.15) is 16.8 Å². The molecule has 2 fully saturated rings. The molecule has 9 nitrogen and oxygen atoms in total. The number of allylic oxidation sites excluding steroid dienone is 2. The lowest BCUT2D eigenvalue weighted by molar-refractivity contribution is -0.123. The molecule has 0 radical (unpaired) electrons. The van der Waals surface area contributed by atoms with Crippen LogP contribution in [0.3, 0.4) is 0 Å². The first-order valence-electron chi connectivity index (χ1n) is 11.3. The molecule has 0 unspecified atom stereocenters. The zero-order valence-corrected chi connectivity index (χ0v) is 19.2. The predicted octanol–water partition coefficient (Wildman–Crippen LogP) is 2.81. The Balaban J connectivity index is 1.19. The van der Waals surface area contributed by atoms with Crippen molar-refractivity contribution < 1.29 is 33.4 Å². The van der Waals surface area contributed by atoms with Gasteiger partial charge in [-0.15, -0.1) is 0 Å². The Labute approximate surface area is 201 Å². The summed E-state index contributed by atoms with van der Waals surface area (Å²) in [4.78, 5) is 51.8. The standard InChI is InChI=1S/C26H24N2O7/c1-33-18-9-10-19(20(12-18)34-2)27-21(29)13-35-26(32)14-5-7-17(8-6-14)28-24(30)22-15-3-4-16(11-15)23(22)25(28)31/h3-10,12,15-16,22-23H,11,13H2,1-2H3,(H,27,29)/t15-,16-,22+,23+/m0/s1. The molecule has 0 spiro atoms. The second-order valence-electron chi connectivity index (χ2n) is 8.75. The SMILES string of the molecule is COc1ccc(NC(=O)COC(=O)c2ccc(N3C(=O)[C@H]4[C@H](C3=O)[C@H]3C=C[C@H]4C3)cc2)c(OC)c1. The highest BCUT2D eigenvalue weighted by Crippen LogP contribution is 2.53. The van der Waals surface area contributed by atoms with E-state index in [-0.39, 0.29) is 41.0 Å². The minimum atomic E-state index is -0.702. The molecule has 4 atom stereocenters. The zero-order chi connectivity index (χ0) is 24.7. The van der Waals surface area contributed by atoms with E-state index in [0.29, 0.717) is 22.9 Å². The number of ether oxygens (including phenoxy) is 3.